The molecule has 0 aliphatic carbocycles. The molecular weight excluding hydrogens is 324 g/mol. The van der Waals surface area contributed by atoms with Crippen LogP contribution in [0.1, 0.15) is 32.6 Å². The van der Waals surface area contributed by atoms with Gasteiger partial charge in [-0.15, -0.1) is 11.3 Å². The SMILES string of the molecule is CC(O)CN(CCNCc1ccc(Cl)s1)C(=O)OC(C)(C)C. The smallest absolute Gasteiger partial charge is 0.410 e. The Bertz CT molecular complexity index is 472. The minimum absolute atomic E-state index is 0.251. The number of nitrogens with zero attached hydrogens (tertiary/aromatic N) is 1. The van der Waals surface area contributed by atoms with Crippen LogP contribution in [-0.2, 0) is 11.3 Å². The molecule has 126 valence electrons. The summed E-state index contributed by atoms with van der Waals surface area (Å²) in [7, 11) is 0. The van der Waals surface area contributed by atoms with Gasteiger partial charge in [-0.1, -0.05) is 11.6 Å². The lowest BCUT2D eigenvalue weighted by molar-refractivity contribution is 0.0164. The number of hydrogen-bond acceptors (Lipinski definition) is 5. The lowest BCUT2D eigenvalue weighted by atomic mass is 10.2. The van der Waals surface area contributed by atoms with Crippen LogP contribution in [0.5, 0.6) is 0 Å². The van der Waals surface area contributed by atoms with Gasteiger partial charge in [-0.05, 0) is 39.8 Å². The molecule has 0 aliphatic rings. The number of nitrogens with one attached hydrogen (secondary N) is 1. The highest BCUT2D eigenvalue weighted by molar-refractivity contribution is 7.16. The van der Waals surface area contributed by atoms with E-state index in [9.17, 15) is 9.90 Å². The fourth-order valence-electron chi connectivity index (χ4n) is 1.77. The summed E-state index contributed by atoms with van der Waals surface area (Å²) >= 11 is 7.41. The number of halogens is 1. The Morgan fingerprint density at radius 3 is 2.68 bits per heavy atom. The second kappa shape index (κ2) is 8.72. The van der Waals surface area contributed by atoms with Crippen LogP contribution < -0.4 is 5.32 Å². The van der Waals surface area contributed by atoms with Crippen molar-refractivity contribution in [1.82, 2.24) is 10.2 Å². The number of aliphatic hydroxyl groups excluding tert-OH is 1. The first-order valence-corrected chi connectivity index (χ1v) is 8.48. The van der Waals surface area contributed by atoms with E-state index in [2.05, 4.69) is 5.32 Å². The fraction of sp³-hybridized carbons (Fsp3) is 0.667. The van der Waals surface area contributed by atoms with Crippen molar-refractivity contribution >= 4 is 29.0 Å². The van der Waals surface area contributed by atoms with E-state index in [1.807, 2.05) is 32.9 Å². The van der Waals surface area contributed by atoms with Gasteiger partial charge >= 0.3 is 6.09 Å². The number of rotatable bonds is 7. The highest BCUT2D eigenvalue weighted by Crippen LogP contribution is 2.20. The molecule has 1 aromatic rings. The summed E-state index contributed by atoms with van der Waals surface area (Å²) in [5.41, 5.74) is -0.546. The molecular formula is C15H25ClN2O3S. The zero-order valence-corrected chi connectivity index (χ0v) is 15.1. The molecule has 0 radical (unpaired) electrons. The largest absolute Gasteiger partial charge is 0.444 e. The fourth-order valence-corrected chi connectivity index (χ4v) is 2.83. The Labute approximate surface area is 141 Å². The maximum Gasteiger partial charge on any atom is 0.410 e. The summed E-state index contributed by atoms with van der Waals surface area (Å²) in [6.45, 7) is 9.16. The van der Waals surface area contributed by atoms with Gasteiger partial charge < -0.3 is 20.1 Å². The van der Waals surface area contributed by atoms with Crippen LogP contribution in [0.2, 0.25) is 4.34 Å². The number of carbonyl (C=O) groups is 1. The van der Waals surface area contributed by atoms with Gasteiger partial charge in [0.1, 0.15) is 5.60 Å². The van der Waals surface area contributed by atoms with E-state index >= 15 is 0 Å². The van der Waals surface area contributed by atoms with E-state index in [1.165, 1.54) is 16.2 Å². The maximum absolute atomic E-state index is 12.1. The predicted molar refractivity (Wildman–Crippen MR) is 90.5 cm³/mol. The molecule has 0 fully saturated rings. The summed E-state index contributed by atoms with van der Waals surface area (Å²) in [5, 5.41) is 12.8. The molecule has 1 amide bonds. The Kier molecular flexibility index (Phi) is 7.62. The molecule has 5 nitrogen and oxygen atoms in total. The normalized spacial score (nSPS) is 13.0. The monoisotopic (exact) mass is 348 g/mol. The Morgan fingerprint density at radius 2 is 2.18 bits per heavy atom. The summed E-state index contributed by atoms with van der Waals surface area (Å²) < 4.78 is 6.12. The molecule has 1 atom stereocenters. The van der Waals surface area contributed by atoms with E-state index in [4.69, 9.17) is 16.3 Å². The van der Waals surface area contributed by atoms with Crippen molar-refractivity contribution in [3.05, 3.63) is 21.3 Å². The average molecular weight is 349 g/mol. The molecule has 1 heterocycles. The average Bonchev–Trinajstić information content (AvgIpc) is 2.76. The van der Waals surface area contributed by atoms with Crippen molar-refractivity contribution in [2.75, 3.05) is 19.6 Å². The quantitative estimate of drug-likeness (QED) is 0.743. The van der Waals surface area contributed by atoms with Crippen molar-refractivity contribution in [2.45, 2.75) is 45.9 Å². The van der Waals surface area contributed by atoms with Crippen LogP contribution in [0.3, 0.4) is 0 Å². The Balaban J connectivity index is 2.42. The lowest BCUT2D eigenvalue weighted by Gasteiger charge is -2.28. The van der Waals surface area contributed by atoms with Gasteiger partial charge in [-0.3, -0.25) is 0 Å². The third-order valence-electron chi connectivity index (χ3n) is 2.62. The molecule has 2 N–H and O–H groups in total. The number of amides is 1. The maximum atomic E-state index is 12.1. The van der Waals surface area contributed by atoms with Crippen molar-refractivity contribution in [3.8, 4) is 0 Å². The first-order chi connectivity index (χ1) is 10.2. The summed E-state index contributed by atoms with van der Waals surface area (Å²) in [6, 6.07) is 3.84. The van der Waals surface area contributed by atoms with Gasteiger partial charge in [0, 0.05) is 31.1 Å². The van der Waals surface area contributed by atoms with E-state index < -0.39 is 17.8 Å². The molecule has 1 rings (SSSR count). The van der Waals surface area contributed by atoms with Gasteiger partial charge in [0.2, 0.25) is 0 Å². The van der Waals surface area contributed by atoms with E-state index in [-0.39, 0.29) is 6.54 Å². The highest BCUT2D eigenvalue weighted by atomic mass is 35.5. The number of ether oxygens (including phenoxy) is 1. The summed E-state index contributed by atoms with van der Waals surface area (Å²) in [4.78, 5) is 14.8. The van der Waals surface area contributed by atoms with Gasteiger partial charge in [0.15, 0.2) is 0 Å². The first-order valence-electron chi connectivity index (χ1n) is 7.28. The van der Waals surface area contributed by atoms with Crippen LogP contribution in [0, 0.1) is 0 Å². The molecule has 0 bridgehead atoms. The van der Waals surface area contributed by atoms with Crippen LogP contribution in [0.4, 0.5) is 4.79 Å². The zero-order chi connectivity index (χ0) is 16.8. The third kappa shape index (κ3) is 7.98. The molecule has 7 heteroatoms. The zero-order valence-electron chi connectivity index (χ0n) is 13.6. The molecule has 0 spiro atoms. The van der Waals surface area contributed by atoms with Crippen LogP contribution in [0.15, 0.2) is 12.1 Å². The summed E-state index contributed by atoms with van der Waals surface area (Å²) in [5.74, 6) is 0. The summed E-state index contributed by atoms with van der Waals surface area (Å²) in [6.07, 6.45) is -1.00. The molecule has 0 aliphatic heterocycles. The van der Waals surface area contributed by atoms with Crippen molar-refractivity contribution in [1.29, 1.82) is 0 Å². The molecule has 1 unspecified atom stereocenters. The minimum Gasteiger partial charge on any atom is -0.444 e. The predicted octanol–water partition coefficient (Wildman–Crippen LogP) is 3.11. The van der Waals surface area contributed by atoms with Crippen molar-refractivity contribution < 1.29 is 14.6 Å². The molecule has 0 saturated carbocycles. The number of carbonyl (C=O) groups excluding carboxylic acids is 1. The Hall–Kier alpha value is -0.820. The highest BCUT2D eigenvalue weighted by Gasteiger charge is 2.22. The molecule has 0 saturated heterocycles. The van der Waals surface area contributed by atoms with Crippen molar-refractivity contribution in [3.63, 3.8) is 0 Å². The molecule has 0 aromatic carbocycles. The van der Waals surface area contributed by atoms with Crippen molar-refractivity contribution in [2.24, 2.45) is 0 Å². The minimum atomic E-state index is -0.594. The molecule has 22 heavy (non-hydrogen) atoms. The number of aliphatic hydroxyl groups is 1. The van der Waals surface area contributed by atoms with Crippen LogP contribution in [-0.4, -0.2) is 47.4 Å². The Morgan fingerprint density at radius 1 is 1.50 bits per heavy atom. The van der Waals surface area contributed by atoms with E-state index in [1.54, 1.807) is 6.92 Å². The molecule has 1 aromatic heterocycles. The van der Waals surface area contributed by atoms with Gasteiger partial charge in [0.25, 0.3) is 0 Å². The van der Waals surface area contributed by atoms with Gasteiger partial charge in [-0.25, -0.2) is 4.79 Å². The topological polar surface area (TPSA) is 61.8 Å². The number of thiophene rings is 1. The van der Waals surface area contributed by atoms with E-state index in [0.29, 0.717) is 19.6 Å². The number of hydrogen-bond donors (Lipinski definition) is 2. The van der Waals surface area contributed by atoms with Crippen LogP contribution >= 0.6 is 22.9 Å². The standard InChI is InChI=1S/C15H25ClN2O3S/c1-11(19)10-18(14(20)21-15(2,3)4)8-7-17-9-12-5-6-13(16)22-12/h5-6,11,17,19H,7-10H2,1-4H3. The van der Waals surface area contributed by atoms with E-state index in [0.717, 1.165) is 9.21 Å². The van der Waals surface area contributed by atoms with Gasteiger partial charge in [-0.2, -0.15) is 0 Å². The second-order valence-corrected chi connectivity index (χ2v) is 7.96. The second-order valence-electron chi connectivity index (χ2n) is 6.16. The third-order valence-corrected chi connectivity index (χ3v) is 3.85. The first kappa shape index (κ1) is 19.2. The van der Waals surface area contributed by atoms with Crippen LogP contribution in [0.25, 0.3) is 0 Å². The van der Waals surface area contributed by atoms with Gasteiger partial charge in [0.05, 0.1) is 10.4 Å². The lowest BCUT2D eigenvalue weighted by Crippen LogP contribution is -2.43.